The number of allylic oxidation sites excluding steroid dienone is 2. The Bertz CT molecular complexity index is 3570. The maximum absolute atomic E-state index is 6.40. The van der Waals surface area contributed by atoms with Crippen molar-refractivity contribution in [2.24, 2.45) is 4.99 Å². The third-order valence-corrected chi connectivity index (χ3v) is 12.9. The first-order valence-electron chi connectivity index (χ1n) is 20.9. The van der Waals surface area contributed by atoms with Crippen LogP contribution in [0.25, 0.3) is 93.6 Å². The number of oxazole rings is 1. The van der Waals surface area contributed by atoms with Gasteiger partial charge in [0.15, 0.2) is 5.58 Å². The van der Waals surface area contributed by atoms with E-state index in [1.54, 1.807) is 11.3 Å². The molecule has 0 N–H and O–H groups in total. The second-order valence-corrected chi connectivity index (χ2v) is 16.7. The van der Waals surface area contributed by atoms with Gasteiger partial charge in [-0.1, -0.05) is 103 Å². The molecule has 5 heterocycles. The summed E-state index contributed by atoms with van der Waals surface area (Å²) in [7, 11) is 0. The lowest BCUT2D eigenvalue weighted by atomic mass is 10.0. The molecule has 0 amide bonds. The first-order valence-corrected chi connectivity index (χ1v) is 21.7. The van der Waals surface area contributed by atoms with Crippen LogP contribution < -0.4 is 0 Å². The van der Waals surface area contributed by atoms with E-state index in [0.717, 1.165) is 88.5 Å². The van der Waals surface area contributed by atoms with Gasteiger partial charge < -0.3 is 8.98 Å². The van der Waals surface area contributed by atoms with Crippen LogP contribution in [-0.2, 0) is 0 Å². The molecule has 13 rings (SSSR count). The number of fused-ring (bicyclic) bond motifs is 6. The van der Waals surface area contributed by atoms with E-state index in [1.165, 1.54) is 5.39 Å². The van der Waals surface area contributed by atoms with Gasteiger partial charge in [0.05, 0.1) is 27.0 Å². The zero-order valence-corrected chi connectivity index (χ0v) is 34.3. The summed E-state index contributed by atoms with van der Waals surface area (Å²) in [4.78, 5) is 31.3. The number of aromatic nitrogens is 6. The summed E-state index contributed by atoms with van der Waals surface area (Å²) in [6, 6.07) is 58.2. The second-order valence-electron chi connectivity index (χ2n) is 15.7. The summed E-state index contributed by atoms with van der Waals surface area (Å²) in [5, 5.41) is 3.19. The molecule has 0 saturated carbocycles. The Labute approximate surface area is 364 Å². The Morgan fingerprint density at radius 3 is 2.14 bits per heavy atom. The number of nitrogens with zero attached hydrogens (tertiary/aromatic N) is 8. The quantitative estimate of drug-likeness (QED) is 0.148. The topological polar surface area (TPSA) is 97.9 Å². The maximum atomic E-state index is 6.40. The SMILES string of the molecule is C1=CC2=[N+](c3nc(-c4cc(-c5nc6ccccc6o5)cc(-c5nc6ccccc6s5)c4)nc(-c4ccc5c6ccccc6n(-c6ccccc6)c5c4)n3)C(c3ccccc3)N=C2C1. The van der Waals surface area contributed by atoms with E-state index >= 15 is 0 Å². The molecule has 11 aromatic rings. The van der Waals surface area contributed by atoms with E-state index in [9.17, 15) is 0 Å². The van der Waals surface area contributed by atoms with Crippen molar-refractivity contribution in [2.45, 2.75) is 12.6 Å². The third-order valence-electron chi connectivity index (χ3n) is 11.8. The molecule has 7 aromatic carbocycles. The minimum atomic E-state index is -0.350. The second kappa shape index (κ2) is 14.2. The maximum Gasteiger partial charge on any atom is 0.439 e. The predicted molar refractivity (Wildman–Crippen MR) is 252 cm³/mol. The summed E-state index contributed by atoms with van der Waals surface area (Å²) in [5.41, 5.74) is 12.1. The van der Waals surface area contributed by atoms with E-state index in [4.69, 9.17) is 34.3 Å². The first kappa shape index (κ1) is 35.5. The van der Waals surface area contributed by atoms with Crippen LogP contribution in [0.5, 0.6) is 0 Å². The molecule has 4 aromatic heterocycles. The van der Waals surface area contributed by atoms with E-state index in [-0.39, 0.29) is 6.17 Å². The average Bonchev–Trinajstić information content (AvgIpc) is 4.19. The van der Waals surface area contributed by atoms with Crippen molar-refractivity contribution in [1.29, 1.82) is 0 Å². The average molecular weight is 830 g/mol. The van der Waals surface area contributed by atoms with Crippen LogP contribution in [0.1, 0.15) is 18.2 Å². The van der Waals surface area contributed by atoms with Gasteiger partial charge in [0.1, 0.15) is 16.2 Å². The van der Waals surface area contributed by atoms with Crippen molar-refractivity contribution < 1.29 is 8.99 Å². The van der Waals surface area contributed by atoms with Crippen LogP contribution in [0.2, 0.25) is 0 Å². The Kier molecular flexibility index (Phi) is 8.00. The van der Waals surface area contributed by atoms with Gasteiger partial charge in [-0.2, -0.15) is 9.56 Å². The molecule has 0 radical (unpaired) electrons. The highest BCUT2D eigenvalue weighted by Gasteiger charge is 2.37. The monoisotopic (exact) mass is 829 g/mol. The number of hydrogen-bond donors (Lipinski definition) is 0. The lowest BCUT2D eigenvalue weighted by Crippen LogP contribution is -2.19. The molecule has 1 unspecified atom stereocenters. The number of hydrogen-bond acceptors (Lipinski definition) is 8. The van der Waals surface area contributed by atoms with Gasteiger partial charge in [-0.15, -0.1) is 11.3 Å². The predicted octanol–water partition coefficient (Wildman–Crippen LogP) is 12.6. The van der Waals surface area contributed by atoms with Gasteiger partial charge in [-0.25, -0.2) is 15.0 Å². The largest absolute Gasteiger partial charge is 0.439 e. The first-order chi connectivity index (χ1) is 31.2. The molecule has 1 atom stereocenters. The van der Waals surface area contributed by atoms with E-state index in [2.05, 4.69) is 137 Å². The zero-order chi connectivity index (χ0) is 41.4. The highest BCUT2D eigenvalue weighted by molar-refractivity contribution is 7.21. The van der Waals surface area contributed by atoms with Crippen molar-refractivity contribution in [3.63, 3.8) is 0 Å². The molecule has 10 heteroatoms. The minimum Gasteiger partial charge on any atom is -0.436 e. The van der Waals surface area contributed by atoms with Crippen LogP contribution in [0.4, 0.5) is 5.95 Å². The van der Waals surface area contributed by atoms with Crippen LogP contribution in [0.3, 0.4) is 0 Å². The third kappa shape index (κ3) is 5.94. The van der Waals surface area contributed by atoms with E-state index < -0.39 is 0 Å². The van der Waals surface area contributed by atoms with E-state index in [1.807, 2.05) is 54.6 Å². The summed E-state index contributed by atoms with van der Waals surface area (Å²) < 4.78 is 12.0. The summed E-state index contributed by atoms with van der Waals surface area (Å²) >= 11 is 1.65. The summed E-state index contributed by atoms with van der Waals surface area (Å²) in [6.45, 7) is 0. The standard InChI is InChI=1S/C53H33N8OS/c1-3-14-32(15-4-1)50-54-40-21-13-23-44(40)61(50)53-58-48(33-26-27-39-38-18-7-10-22-43(38)60(45(39)31-33)37-16-5-2-6-17-37)57-49(59-53)34-28-35(51-55-41-19-8-11-24-46(41)62-51)30-36(29-34)52-56-42-20-9-12-25-47(42)63-52/h1-20,22-31,50H,21H2/q+1. The van der Waals surface area contributed by atoms with Crippen molar-refractivity contribution >= 4 is 71.8 Å². The normalized spacial score (nSPS) is 14.7. The van der Waals surface area contributed by atoms with Crippen LogP contribution >= 0.6 is 11.3 Å². The Hall–Kier alpha value is -8.21. The van der Waals surface area contributed by atoms with Gasteiger partial charge in [0.25, 0.3) is 0 Å². The van der Waals surface area contributed by atoms with Crippen molar-refractivity contribution in [3.05, 3.63) is 188 Å². The molecule has 0 spiro atoms. The van der Waals surface area contributed by atoms with Crippen molar-refractivity contribution in [2.75, 3.05) is 0 Å². The summed E-state index contributed by atoms with van der Waals surface area (Å²) in [5.74, 6) is 2.05. The van der Waals surface area contributed by atoms with Crippen LogP contribution in [-0.4, -0.2) is 45.5 Å². The minimum absolute atomic E-state index is 0.350. The molecular weight excluding hydrogens is 797 g/mol. The lowest BCUT2D eigenvalue weighted by Gasteiger charge is -2.12. The smallest absolute Gasteiger partial charge is 0.436 e. The highest BCUT2D eigenvalue weighted by Crippen LogP contribution is 2.40. The van der Waals surface area contributed by atoms with Crippen molar-refractivity contribution in [3.8, 4) is 50.5 Å². The molecule has 63 heavy (non-hydrogen) atoms. The van der Waals surface area contributed by atoms with Gasteiger partial charge in [0.2, 0.25) is 23.7 Å². The van der Waals surface area contributed by atoms with Crippen molar-refractivity contribution in [1.82, 2.24) is 29.5 Å². The molecule has 2 aliphatic rings. The number of thiazole rings is 1. The van der Waals surface area contributed by atoms with Gasteiger partial charge in [-0.3, -0.25) is 0 Å². The molecule has 1 aliphatic heterocycles. The number of rotatable bonds is 7. The number of benzene rings is 7. The number of aliphatic imine (C=N–C) groups is 1. The molecule has 0 fully saturated rings. The van der Waals surface area contributed by atoms with Gasteiger partial charge in [0, 0.05) is 50.7 Å². The fourth-order valence-corrected chi connectivity index (χ4v) is 9.87. The molecule has 9 nitrogen and oxygen atoms in total. The van der Waals surface area contributed by atoms with Crippen LogP contribution in [0.15, 0.2) is 191 Å². The molecule has 0 saturated heterocycles. The Morgan fingerprint density at radius 2 is 1.29 bits per heavy atom. The number of para-hydroxylation sites is 5. The molecular formula is C53H33N8OS+. The molecule has 0 bridgehead atoms. The Morgan fingerprint density at radius 1 is 0.571 bits per heavy atom. The zero-order valence-electron chi connectivity index (χ0n) is 33.5. The van der Waals surface area contributed by atoms with Gasteiger partial charge >= 0.3 is 5.95 Å². The fraction of sp³-hybridized carbons (Fsp3) is 0.0377. The van der Waals surface area contributed by atoms with E-state index in [0.29, 0.717) is 29.1 Å². The fourth-order valence-electron chi connectivity index (χ4n) is 8.91. The lowest BCUT2D eigenvalue weighted by molar-refractivity contribution is -0.490. The highest BCUT2D eigenvalue weighted by atomic mass is 32.1. The molecule has 1 aliphatic carbocycles. The molecule has 296 valence electrons. The Balaban J connectivity index is 1.07. The van der Waals surface area contributed by atoms with Gasteiger partial charge in [-0.05, 0) is 88.8 Å². The van der Waals surface area contributed by atoms with Crippen LogP contribution in [0, 0.1) is 0 Å². The summed E-state index contributed by atoms with van der Waals surface area (Å²) in [6.07, 6.45) is 4.68.